The van der Waals surface area contributed by atoms with Crippen LogP contribution in [0.15, 0.2) is 36.5 Å². The van der Waals surface area contributed by atoms with Crippen LogP contribution in [0.5, 0.6) is 11.5 Å². The van der Waals surface area contributed by atoms with Gasteiger partial charge in [0.1, 0.15) is 5.15 Å². The van der Waals surface area contributed by atoms with Gasteiger partial charge in [-0.3, -0.25) is 4.79 Å². The van der Waals surface area contributed by atoms with Crippen molar-refractivity contribution in [2.75, 3.05) is 13.7 Å². The molecule has 0 spiro atoms. The van der Waals surface area contributed by atoms with E-state index in [-0.39, 0.29) is 5.91 Å². The van der Waals surface area contributed by atoms with Crippen molar-refractivity contribution < 1.29 is 14.3 Å². The quantitative estimate of drug-likeness (QED) is 0.579. The first-order valence-corrected chi connectivity index (χ1v) is 8.35. The molecule has 0 saturated carbocycles. The van der Waals surface area contributed by atoms with Crippen LogP contribution in [0.4, 0.5) is 0 Å². The first-order valence-electron chi connectivity index (χ1n) is 7.60. The van der Waals surface area contributed by atoms with E-state index < -0.39 is 0 Å². The summed E-state index contributed by atoms with van der Waals surface area (Å²) in [5, 5.41) is 3.60. The lowest BCUT2D eigenvalue weighted by molar-refractivity contribution is -0.116. The average molecular weight is 381 g/mol. The van der Waals surface area contributed by atoms with E-state index in [1.807, 2.05) is 6.92 Å². The highest BCUT2D eigenvalue weighted by molar-refractivity contribution is 6.32. The third-order valence-corrected chi connectivity index (χ3v) is 3.72. The van der Waals surface area contributed by atoms with Crippen molar-refractivity contribution in [2.45, 2.75) is 13.5 Å². The SMILES string of the molecule is CCOc1cc(C=CC(=O)NCc2ccc(Cl)nc2)cc(Cl)c1OC. The number of nitrogens with zero attached hydrogens (tertiary/aromatic N) is 1. The Morgan fingerprint density at radius 3 is 2.76 bits per heavy atom. The normalized spacial score (nSPS) is 10.7. The molecule has 1 aromatic heterocycles. The van der Waals surface area contributed by atoms with Crippen LogP contribution in [0.1, 0.15) is 18.1 Å². The molecule has 25 heavy (non-hydrogen) atoms. The van der Waals surface area contributed by atoms with Gasteiger partial charge in [-0.25, -0.2) is 4.98 Å². The summed E-state index contributed by atoms with van der Waals surface area (Å²) >= 11 is 11.9. The molecule has 0 unspecified atom stereocenters. The standard InChI is InChI=1S/C18H18Cl2N2O3/c1-3-25-15-9-12(8-14(19)18(15)24-2)5-7-17(23)22-11-13-4-6-16(20)21-10-13/h4-10H,3,11H2,1-2H3,(H,22,23). The zero-order valence-electron chi connectivity index (χ0n) is 13.9. The van der Waals surface area contributed by atoms with Gasteiger partial charge in [-0.1, -0.05) is 29.3 Å². The van der Waals surface area contributed by atoms with Crippen molar-refractivity contribution in [1.82, 2.24) is 10.3 Å². The Labute approximate surface area is 156 Å². The molecule has 0 atom stereocenters. The fraction of sp³-hybridized carbons (Fsp3) is 0.222. The number of carbonyl (C=O) groups is 1. The summed E-state index contributed by atoms with van der Waals surface area (Å²) in [4.78, 5) is 15.9. The minimum absolute atomic E-state index is 0.236. The molecule has 0 bridgehead atoms. The molecular weight excluding hydrogens is 363 g/mol. The van der Waals surface area contributed by atoms with E-state index in [1.165, 1.54) is 13.2 Å². The van der Waals surface area contributed by atoms with Gasteiger partial charge in [0.15, 0.2) is 11.5 Å². The van der Waals surface area contributed by atoms with Gasteiger partial charge in [0.25, 0.3) is 0 Å². The van der Waals surface area contributed by atoms with Gasteiger partial charge in [-0.05, 0) is 42.3 Å². The molecule has 1 amide bonds. The number of ether oxygens (including phenoxy) is 2. The number of aromatic nitrogens is 1. The number of hydrogen-bond acceptors (Lipinski definition) is 4. The Morgan fingerprint density at radius 2 is 2.12 bits per heavy atom. The van der Waals surface area contributed by atoms with Crippen molar-refractivity contribution in [2.24, 2.45) is 0 Å². The molecule has 2 rings (SSSR count). The van der Waals surface area contributed by atoms with Crippen LogP contribution in [0.25, 0.3) is 6.08 Å². The van der Waals surface area contributed by atoms with Crippen LogP contribution in [0.3, 0.4) is 0 Å². The third-order valence-electron chi connectivity index (χ3n) is 3.22. The van der Waals surface area contributed by atoms with Crippen molar-refractivity contribution in [1.29, 1.82) is 0 Å². The highest BCUT2D eigenvalue weighted by atomic mass is 35.5. The summed E-state index contributed by atoms with van der Waals surface area (Å²) in [6, 6.07) is 6.95. The molecule has 1 heterocycles. The van der Waals surface area contributed by atoms with Crippen LogP contribution in [0, 0.1) is 0 Å². The van der Waals surface area contributed by atoms with Crippen molar-refractivity contribution in [3.05, 3.63) is 57.8 Å². The van der Waals surface area contributed by atoms with E-state index in [4.69, 9.17) is 32.7 Å². The Hall–Kier alpha value is -2.24. The molecule has 1 N–H and O–H groups in total. The molecule has 0 radical (unpaired) electrons. The molecular formula is C18H18Cl2N2O3. The van der Waals surface area contributed by atoms with E-state index in [9.17, 15) is 4.79 Å². The topological polar surface area (TPSA) is 60.5 Å². The first kappa shape index (κ1) is 19.1. The number of hydrogen-bond donors (Lipinski definition) is 1. The molecule has 7 heteroatoms. The second-order valence-corrected chi connectivity index (χ2v) is 5.80. The summed E-state index contributed by atoms with van der Waals surface area (Å²) in [5.74, 6) is 0.769. The minimum Gasteiger partial charge on any atom is -0.491 e. The predicted octanol–water partition coefficient (Wildman–Crippen LogP) is 4.13. The summed E-state index contributed by atoms with van der Waals surface area (Å²) in [6.07, 6.45) is 4.70. The van der Waals surface area contributed by atoms with Crippen LogP contribution in [-0.2, 0) is 11.3 Å². The van der Waals surface area contributed by atoms with Crippen molar-refractivity contribution in [3.8, 4) is 11.5 Å². The molecule has 0 saturated heterocycles. The number of halogens is 2. The molecule has 0 aliphatic heterocycles. The number of benzene rings is 1. The van der Waals surface area contributed by atoms with Crippen LogP contribution in [0.2, 0.25) is 10.2 Å². The zero-order chi connectivity index (χ0) is 18.2. The Kier molecular flexibility index (Phi) is 7.10. The summed E-state index contributed by atoms with van der Waals surface area (Å²) in [5.41, 5.74) is 1.59. The molecule has 2 aromatic rings. The van der Waals surface area contributed by atoms with Gasteiger partial charge in [-0.2, -0.15) is 0 Å². The maximum absolute atomic E-state index is 11.9. The first-order chi connectivity index (χ1) is 12.0. The number of pyridine rings is 1. The lowest BCUT2D eigenvalue weighted by atomic mass is 10.2. The highest BCUT2D eigenvalue weighted by Gasteiger charge is 2.10. The van der Waals surface area contributed by atoms with Crippen LogP contribution >= 0.6 is 23.2 Å². The monoisotopic (exact) mass is 380 g/mol. The van der Waals surface area contributed by atoms with Gasteiger partial charge >= 0.3 is 0 Å². The Morgan fingerprint density at radius 1 is 1.32 bits per heavy atom. The second kappa shape index (κ2) is 9.30. The maximum Gasteiger partial charge on any atom is 0.244 e. The molecule has 132 valence electrons. The molecule has 0 fully saturated rings. The second-order valence-electron chi connectivity index (χ2n) is 5.01. The van der Waals surface area contributed by atoms with Gasteiger partial charge in [-0.15, -0.1) is 0 Å². The van der Waals surface area contributed by atoms with E-state index in [2.05, 4.69) is 10.3 Å². The van der Waals surface area contributed by atoms with Gasteiger partial charge in [0, 0.05) is 18.8 Å². The van der Waals surface area contributed by atoms with Gasteiger partial charge < -0.3 is 14.8 Å². The molecule has 5 nitrogen and oxygen atoms in total. The van der Waals surface area contributed by atoms with Gasteiger partial charge in [0.2, 0.25) is 5.91 Å². The molecule has 0 aliphatic carbocycles. The largest absolute Gasteiger partial charge is 0.491 e. The molecule has 1 aromatic carbocycles. The van der Waals surface area contributed by atoms with Crippen LogP contribution < -0.4 is 14.8 Å². The molecule has 0 aliphatic rings. The Balaban J connectivity index is 2.02. The van der Waals surface area contributed by atoms with E-state index in [0.717, 1.165) is 11.1 Å². The average Bonchev–Trinajstić information content (AvgIpc) is 2.59. The fourth-order valence-electron chi connectivity index (χ4n) is 2.08. The number of rotatable bonds is 7. The summed E-state index contributed by atoms with van der Waals surface area (Å²) in [7, 11) is 1.53. The smallest absolute Gasteiger partial charge is 0.244 e. The Bertz CT molecular complexity index is 762. The number of carbonyl (C=O) groups excluding carboxylic acids is 1. The zero-order valence-corrected chi connectivity index (χ0v) is 15.4. The number of nitrogens with one attached hydrogen (secondary N) is 1. The number of amides is 1. The van der Waals surface area contributed by atoms with Gasteiger partial charge in [0.05, 0.1) is 18.7 Å². The minimum atomic E-state index is -0.236. The highest BCUT2D eigenvalue weighted by Crippen LogP contribution is 2.36. The summed E-state index contributed by atoms with van der Waals surface area (Å²) in [6.45, 7) is 2.71. The summed E-state index contributed by atoms with van der Waals surface area (Å²) < 4.78 is 10.7. The lowest BCUT2D eigenvalue weighted by Gasteiger charge is -2.11. The van der Waals surface area contributed by atoms with E-state index in [0.29, 0.717) is 34.8 Å². The fourth-order valence-corrected chi connectivity index (χ4v) is 2.48. The van der Waals surface area contributed by atoms with E-state index >= 15 is 0 Å². The predicted molar refractivity (Wildman–Crippen MR) is 99.3 cm³/mol. The third kappa shape index (κ3) is 5.66. The van der Waals surface area contributed by atoms with Crippen molar-refractivity contribution >= 4 is 35.2 Å². The lowest BCUT2D eigenvalue weighted by Crippen LogP contribution is -2.20. The van der Waals surface area contributed by atoms with E-state index in [1.54, 1.807) is 36.5 Å². The number of methoxy groups -OCH3 is 1. The van der Waals surface area contributed by atoms with Crippen LogP contribution in [-0.4, -0.2) is 24.6 Å². The van der Waals surface area contributed by atoms with Crippen molar-refractivity contribution in [3.63, 3.8) is 0 Å². The maximum atomic E-state index is 11.9.